The number of pyridine rings is 2. The van der Waals surface area contributed by atoms with Gasteiger partial charge in [-0.05, 0) is 81.9 Å². The molecule has 0 aliphatic heterocycles. The first-order valence-corrected chi connectivity index (χ1v) is 11.6. The van der Waals surface area contributed by atoms with Gasteiger partial charge in [-0.25, -0.2) is 9.67 Å². The molecule has 1 aromatic carbocycles. The monoisotopic (exact) mass is 509 g/mol. The van der Waals surface area contributed by atoms with E-state index < -0.39 is 17.6 Å². The molecule has 8 nitrogen and oxygen atoms in total. The van der Waals surface area contributed by atoms with Crippen LogP contribution in [0, 0.1) is 6.92 Å². The van der Waals surface area contributed by atoms with E-state index in [4.69, 9.17) is 0 Å². The number of benzene rings is 1. The van der Waals surface area contributed by atoms with Crippen molar-refractivity contribution in [1.82, 2.24) is 29.9 Å². The van der Waals surface area contributed by atoms with Crippen LogP contribution in [0.1, 0.15) is 33.5 Å². The Morgan fingerprint density at radius 2 is 1.92 bits per heavy atom. The quantitative estimate of drug-likeness (QED) is 0.367. The van der Waals surface area contributed by atoms with Crippen LogP contribution in [0.25, 0.3) is 16.9 Å². The first-order valence-electron chi connectivity index (χ1n) is 11.6. The van der Waals surface area contributed by atoms with Gasteiger partial charge in [0, 0.05) is 29.7 Å². The van der Waals surface area contributed by atoms with Crippen LogP contribution in [0.4, 0.5) is 19.0 Å². The van der Waals surface area contributed by atoms with Crippen molar-refractivity contribution in [2.45, 2.75) is 25.9 Å². The summed E-state index contributed by atoms with van der Waals surface area (Å²) < 4.78 is 40.5. The summed E-state index contributed by atoms with van der Waals surface area (Å²) in [5.74, 6) is -0.786. The number of aromatic nitrogens is 5. The van der Waals surface area contributed by atoms with Crippen LogP contribution in [-0.4, -0.2) is 56.4 Å². The number of aryl methyl sites for hydroxylation is 2. The highest BCUT2D eigenvalue weighted by Crippen LogP contribution is 2.30. The lowest BCUT2D eigenvalue weighted by Crippen LogP contribution is -2.15. The second-order valence-electron chi connectivity index (χ2n) is 8.92. The molecule has 4 aromatic rings. The standard InChI is InChI=1S/C26H26F3N7O/c1-17-6-7-19(25(37)32-24-13-21(8-9-31-24)26(27,28)29)12-23(17)36-16-22(33-34-36)20-11-18(14-30-15-20)5-4-10-35(2)3/h6-9,11-16H,4-5,10H2,1-3H3,(H,31,32,37). The molecule has 1 amide bonds. The number of halogens is 3. The van der Waals surface area contributed by atoms with Gasteiger partial charge in [-0.2, -0.15) is 13.2 Å². The summed E-state index contributed by atoms with van der Waals surface area (Å²) in [5.41, 5.74) is 3.35. The smallest absolute Gasteiger partial charge is 0.309 e. The van der Waals surface area contributed by atoms with Gasteiger partial charge in [0.25, 0.3) is 5.91 Å². The Morgan fingerprint density at radius 3 is 2.68 bits per heavy atom. The first kappa shape index (κ1) is 26.0. The van der Waals surface area contributed by atoms with Gasteiger partial charge in [0.2, 0.25) is 0 Å². The minimum atomic E-state index is -4.54. The molecular weight excluding hydrogens is 483 g/mol. The molecule has 0 atom stereocenters. The van der Waals surface area contributed by atoms with Crippen LogP contribution in [-0.2, 0) is 12.6 Å². The van der Waals surface area contributed by atoms with Crippen molar-refractivity contribution in [1.29, 1.82) is 0 Å². The Labute approximate surface area is 212 Å². The number of hydrogen-bond acceptors (Lipinski definition) is 6. The van der Waals surface area contributed by atoms with Gasteiger partial charge >= 0.3 is 6.18 Å². The van der Waals surface area contributed by atoms with Crippen LogP contribution in [0.3, 0.4) is 0 Å². The molecule has 0 fully saturated rings. The average molecular weight is 510 g/mol. The second-order valence-corrected chi connectivity index (χ2v) is 8.92. The Hall–Kier alpha value is -4.12. The largest absolute Gasteiger partial charge is 0.416 e. The number of nitrogens with one attached hydrogen (secondary N) is 1. The fraction of sp³-hybridized carbons (Fsp3) is 0.269. The molecule has 4 rings (SSSR count). The Kier molecular flexibility index (Phi) is 7.63. The van der Waals surface area contributed by atoms with Gasteiger partial charge in [-0.1, -0.05) is 11.3 Å². The van der Waals surface area contributed by atoms with Gasteiger partial charge in [0.1, 0.15) is 11.5 Å². The molecule has 0 spiro atoms. The molecule has 37 heavy (non-hydrogen) atoms. The predicted octanol–water partition coefficient (Wildman–Crippen LogP) is 4.80. The number of nitrogens with zero attached hydrogens (tertiary/aromatic N) is 6. The van der Waals surface area contributed by atoms with Gasteiger partial charge in [0.05, 0.1) is 17.4 Å². The van der Waals surface area contributed by atoms with Crippen LogP contribution in [0.2, 0.25) is 0 Å². The molecule has 11 heteroatoms. The number of carbonyl (C=O) groups is 1. The number of carbonyl (C=O) groups excluding carboxylic acids is 1. The van der Waals surface area contributed by atoms with E-state index in [2.05, 4.69) is 30.5 Å². The fourth-order valence-corrected chi connectivity index (χ4v) is 3.74. The molecule has 0 radical (unpaired) electrons. The third kappa shape index (κ3) is 6.56. The third-order valence-corrected chi connectivity index (χ3v) is 5.70. The molecular formula is C26H26F3N7O. The molecule has 1 N–H and O–H groups in total. The summed E-state index contributed by atoms with van der Waals surface area (Å²) in [7, 11) is 4.08. The Morgan fingerprint density at radius 1 is 1.11 bits per heavy atom. The van der Waals surface area contributed by atoms with E-state index in [1.54, 1.807) is 35.3 Å². The molecule has 0 bridgehead atoms. The van der Waals surface area contributed by atoms with Crippen LogP contribution in [0.5, 0.6) is 0 Å². The maximum absolute atomic E-state index is 13.0. The molecule has 0 aliphatic rings. The van der Waals surface area contributed by atoms with E-state index in [1.807, 2.05) is 33.3 Å². The van der Waals surface area contributed by atoms with Crippen molar-refractivity contribution >= 4 is 11.7 Å². The van der Waals surface area contributed by atoms with Crippen LogP contribution in [0.15, 0.2) is 61.2 Å². The summed E-state index contributed by atoms with van der Waals surface area (Å²) >= 11 is 0. The Balaban J connectivity index is 1.53. The normalized spacial score (nSPS) is 11.6. The van der Waals surface area contributed by atoms with Crippen LogP contribution >= 0.6 is 0 Å². The van der Waals surface area contributed by atoms with Crippen molar-refractivity contribution in [3.8, 4) is 16.9 Å². The zero-order valence-electron chi connectivity index (χ0n) is 20.6. The molecule has 0 saturated heterocycles. The lowest BCUT2D eigenvalue weighted by atomic mass is 10.1. The van der Waals surface area contributed by atoms with Crippen molar-refractivity contribution in [3.63, 3.8) is 0 Å². The fourth-order valence-electron chi connectivity index (χ4n) is 3.74. The predicted molar refractivity (Wildman–Crippen MR) is 133 cm³/mol. The Bertz CT molecular complexity index is 1400. The number of rotatable bonds is 8. The molecule has 192 valence electrons. The van der Waals surface area contributed by atoms with Gasteiger partial charge in [-0.3, -0.25) is 9.78 Å². The van der Waals surface area contributed by atoms with Crippen LogP contribution < -0.4 is 5.32 Å². The van der Waals surface area contributed by atoms with E-state index in [-0.39, 0.29) is 11.4 Å². The highest BCUT2D eigenvalue weighted by atomic mass is 19.4. The van der Waals surface area contributed by atoms with E-state index in [1.165, 1.54) is 0 Å². The summed E-state index contributed by atoms with van der Waals surface area (Å²) in [6, 6.07) is 8.59. The molecule has 0 saturated carbocycles. The maximum atomic E-state index is 13.0. The highest BCUT2D eigenvalue weighted by Gasteiger charge is 2.31. The molecule has 0 aliphatic carbocycles. The minimum absolute atomic E-state index is 0.192. The average Bonchev–Trinajstić information content (AvgIpc) is 3.34. The van der Waals surface area contributed by atoms with E-state index in [0.717, 1.165) is 54.4 Å². The number of anilines is 1. The zero-order valence-corrected chi connectivity index (χ0v) is 20.6. The first-order chi connectivity index (χ1) is 17.6. The van der Waals surface area contributed by atoms with Crippen molar-refractivity contribution in [3.05, 3.63) is 83.4 Å². The zero-order chi connectivity index (χ0) is 26.6. The topological polar surface area (TPSA) is 88.8 Å². The number of alkyl halides is 3. The lowest BCUT2D eigenvalue weighted by molar-refractivity contribution is -0.137. The molecule has 3 aromatic heterocycles. The number of hydrogen-bond donors (Lipinski definition) is 1. The summed E-state index contributed by atoms with van der Waals surface area (Å²) in [4.78, 5) is 23.1. The SMILES string of the molecule is Cc1ccc(C(=O)Nc2cc(C(F)(F)F)ccn2)cc1-n1cc(-c2cncc(CCCN(C)C)c2)nn1. The molecule has 0 unspecified atom stereocenters. The second kappa shape index (κ2) is 10.9. The van der Waals surface area contributed by atoms with Crippen molar-refractivity contribution in [2.75, 3.05) is 26.0 Å². The maximum Gasteiger partial charge on any atom is 0.416 e. The van der Waals surface area contributed by atoms with Gasteiger partial charge in [0.15, 0.2) is 0 Å². The summed E-state index contributed by atoms with van der Waals surface area (Å²) in [6.07, 6.45) is 3.68. The van der Waals surface area contributed by atoms with Crippen molar-refractivity contribution < 1.29 is 18.0 Å². The van der Waals surface area contributed by atoms with E-state index in [9.17, 15) is 18.0 Å². The highest BCUT2D eigenvalue weighted by molar-refractivity contribution is 6.04. The minimum Gasteiger partial charge on any atom is -0.309 e. The summed E-state index contributed by atoms with van der Waals surface area (Å²) in [6.45, 7) is 2.84. The molecule has 3 heterocycles. The van der Waals surface area contributed by atoms with Gasteiger partial charge < -0.3 is 10.2 Å². The van der Waals surface area contributed by atoms with E-state index >= 15 is 0 Å². The van der Waals surface area contributed by atoms with Gasteiger partial charge in [-0.15, -0.1) is 5.10 Å². The van der Waals surface area contributed by atoms with E-state index in [0.29, 0.717) is 11.4 Å². The number of amides is 1. The third-order valence-electron chi connectivity index (χ3n) is 5.70. The van der Waals surface area contributed by atoms with Crippen molar-refractivity contribution in [2.24, 2.45) is 0 Å². The lowest BCUT2D eigenvalue weighted by Gasteiger charge is -2.11. The summed E-state index contributed by atoms with van der Waals surface area (Å²) in [5, 5.41) is 10.9.